The molecule has 0 aliphatic heterocycles. The lowest BCUT2D eigenvalue weighted by atomic mass is 10.2. The Labute approximate surface area is 115 Å². The first-order valence-corrected chi connectivity index (χ1v) is 6.68. The van der Waals surface area contributed by atoms with Gasteiger partial charge in [-0.05, 0) is 31.4 Å². The third-order valence-corrected chi connectivity index (χ3v) is 3.91. The molecule has 4 nitrogen and oxygen atoms in total. The van der Waals surface area contributed by atoms with Crippen molar-refractivity contribution >= 4 is 17.2 Å². The molecule has 0 unspecified atom stereocenters. The van der Waals surface area contributed by atoms with Crippen LogP contribution in [-0.4, -0.2) is 19.6 Å². The summed E-state index contributed by atoms with van der Waals surface area (Å²) in [5.41, 5.74) is 4.91. The number of halogens is 1. The van der Waals surface area contributed by atoms with Gasteiger partial charge in [0.25, 0.3) is 0 Å². The van der Waals surface area contributed by atoms with E-state index in [0.717, 1.165) is 47.4 Å². The third-order valence-electron chi connectivity index (χ3n) is 3.52. The first kappa shape index (κ1) is 10.9. The van der Waals surface area contributed by atoms with E-state index in [1.165, 1.54) is 0 Å². The molecule has 0 N–H and O–H groups in total. The maximum atomic E-state index is 6.43. The highest BCUT2D eigenvalue weighted by atomic mass is 35.5. The second-order valence-electron chi connectivity index (χ2n) is 4.72. The number of nitrogens with zero attached hydrogens (tertiary/aromatic N) is 4. The van der Waals surface area contributed by atoms with Gasteiger partial charge in [-0.3, -0.25) is 4.98 Å². The smallest absolute Gasteiger partial charge is 0.157 e. The van der Waals surface area contributed by atoms with Crippen LogP contribution in [0.15, 0.2) is 30.6 Å². The fraction of sp³-hybridized carbons (Fsp3) is 0.214. The molecule has 0 saturated carbocycles. The summed E-state index contributed by atoms with van der Waals surface area (Å²) < 4.78 is 1.73. The van der Waals surface area contributed by atoms with Gasteiger partial charge in [-0.25, -0.2) is 9.50 Å². The topological polar surface area (TPSA) is 43.1 Å². The zero-order valence-corrected chi connectivity index (χ0v) is 10.9. The summed E-state index contributed by atoms with van der Waals surface area (Å²) in [5, 5.41) is 5.24. The van der Waals surface area contributed by atoms with Crippen molar-refractivity contribution in [1.82, 2.24) is 19.6 Å². The molecule has 0 atom stereocenters. The van der Waals surface area contributed by atoms with Crippen LogP contribution in [0.2, 0.25) is 5.15 Å². The summed E-state index contributed by atoms with van der Waals surface area (Å²) in [5.74, 6) is 0. The summed E-state index contributed by atoms with van der Waals surface area (Å²) in [6.45, 7) is 0. The average molecular weight is 271 g/mol. The first-order valence-electron chi connectivity index (χ1n) is 6.30. The van der Waals surface area contributed by atoms with Crippen LogP contribution in [0.1, 0.15) is 17.7 Å². The van der Waals surface area contributed by atoms with E-state index in [1.54, 1.807) is 16.9 Å². The van der Waals surface area contributed by atoms with Crippen LogP contribution >= 0.6 is 11.6 Å². The van der Waals surface area contributed by atoms with Crippen molar-refractivity contribution in [3.63, 3.8) is 0 Å². The molecule has 1 aliphatic carbocycles. The van der Waals surface area contributed by atoms with Crippen LogP contribution < -0.4 is 0 Å². The monoisotopic (exact) mass is 270 g/mol. The average Bonchev–Trinajstić information content (AvgIpc) is 3.06. The fourth-order valence-corrected chi connectivity index (χ4v) is 2.92. The van der Waals surface area contributed by atoms with Gasteiger partial charge in [0.05, 0.1) is 5.69 Å². The molecule has 0 radical (unpaired) electrons. The van der Waals surface area contributed by atoms with Crippen LogP contribution in [0.5, 0.6) is 0 Å². The third kappa shape index (κ3) is 1.64. The zero-order valence-electron chi connectivity index (χ0n) is 10.2. The molecule has 94 valence electrons. The highest BCUT2D eigenvalue weighted by Crippen LogP contribution is 2.29. The molecular weight excluding hydrogens is 260 g/mol. The van der Waals surface area contributed by atoms with Gasteiger partial charge in [-0.15, -0.1) is 0 Å². The van der Waals surface area contributed by atoms with Gasteiger partial charge >= 0.3 is 0 Å². The Morgan fingerprint density at radius 2 is 2.21 bits per heavy atom. The number of rotatable bonds is 1. The molecule has 0 spiro atoms. The molecule has 4 rings (SSSR count). The Bertz CT molecular complexity index is 764. The SMILES string of the molecule is Clc1c2c(nc3cc(-c4cccnc4)nn13)CCC2. The molecule has 3 aromatic heterocycles. The molecule has 0 saturated heterocycles. The molecule has 5 heteroatoms. The normalized spacial score (nSPS) is 13.9. The van der Waals surface area contributed by atoms with E-state index in [9.17, 15) is 0 Å². The van der Waals surface area contributed by atoms with E-state index >= 15 is 0 Å². The van der Waals surface area contributed by atoms with Crippen LogP contribution in [0.3, 0.4) is 0 Å². The van der Waals surface area contributed by atoms with Crippen LogP contribution in [0.25, 0.3) is 16.9 Å². The van der Waals surface area contributed by atoms with E-state index in [4.69, 9.17) is 11.6 Å². The second-order valence-corrected chi connectivity index (χ2v) is 5.08. The minimum absolute atomic E-state index is 0.702. The van der Waals surface area contributed by atoms with Crippen molar-refractivity contribution in [3.05, 3.63) is 47.0 Å². The van der Waals surface area contributed by atoms with E-state index < -0.39 is 0 Å². The van der Waals surface area contributed by atoms with Crippen molar-refractivity contribution in [2.45, 2.75) is 19.3 Å². The quantitative estimate of drug-likeness (QED) is 0.639. The Balaban J connectivity index is 1.96. The summed E-state index contributed by atoms with van der Waals surface area (Å²) in [6, 6.07) is 5.84. The molecular formula is C14H11ClN4. The van der Waals surface area contributed by atoms with Gasteiger partial charge < -0.3 is 0 Å². The van der Waals surface area contributed by atoms with Crippen molar-refractivity contribution in [3.8, 4) is 11.3 Å². The van der Waals surface area contributed by atoms with Crippen molar-refractivity contribution < 1.29 is 0 Å². The number of hydrogen-bond acceptors (Lipinski definition) is 3. The predicted octanol–water partition coefficient (Wildman–Crippen LogP) is 2.93. The number of aromatic nitrogens is 4. The first-order chi connectivity index (χ1) is 9.33. The van der Waals surface area contributed by atoms with Gasteiger partial charge in [0.15, 0.2) is 5.65 Å². The van der Waals surface area contributed by atoms with Crippen molar-refractivity contribution in [2.24, 2.45) is 0 Å². The van der Waals surface area contributed by atoms with E-state index in [2.05, 4.69) is 15.1 Å². The highest BCUT2D eigenvalue weighted by molar-refractivity contribution is 6.30. The molecule has 3 aromatic rings. The Kier molecular flexibility index (Phi) is 2.32. The molecule has 3 heterocycles. The van der Waals surface area contributed by atoms with E-state index in [-0.39, 0.29) is 0 Å². The maximum absolute atomic E-state index is 6.43. The van der Waals surface area contributed by atoms with Crippen molar-refractivity contribution in [2.75, 3.05) is 0 Å². The zero-order chi connectivity index (χ0) is 12.8. The van der Waals surface area contributed by atoms with Crippen LogP contribution in [0, 0.1) is 0 Å². The lowest BCUT2D eigenvalue weighted by Crippen LogP contribution is -1.99. The van der Waals surface area contributed by atoms with Gasteiger partial charge in [0, 0.05) is 35.3 Å². The number of hydrogen-bond donors (Lipinski definition) is 0. The van der Waals surface area contributed by atoms with Gasteiger partial charge in [-0.2, -0.15) is 5.10 Å². The Morgan fingerprint density at radius 1 is 1.26 bits per heavy atom. The second kappa shape index (κ2) is 4.03. The summed E-state index contributed by atoms with van der Waals surface area (Å²) in [7, 11) is 0. The van der Waals surface area contributed by atoms with Gasteiger partial charge in [0.2, 0.25) is 0 Å². The molecule has 19 heavy (non-hydrogen) atoms. The van der Waals surface area contributed by atoms with E-state index in [1.807, 2.05) is 18.2 Å². The molecule has 1 aliphatic rings. The lowest BCUT2D eigenvalue weighted by molar-refractivity contribution is 0.900. The largest absolute Gasteiger partial charge is 0.264 e. The predicted molar refractivity (Wildman–Crippen MR) is 73.3 cm³/mol. The van der Waals surface area contributed by atoms with Crippen LogP contribution in [0.4, 0.5) is 0 Å². The fourth-order valence-electron chi connectivity index (χ4n) is 2.59. The van der Waals surface area contributed by atoms with Crippen LogP contribution in [-0.2, 0) is 12.8 Å². The maximum Gasteiger partial charge on any atom is 0.157 e. The Hall–Kier alpha value is -1.94. The standard InChI is InChI=1S/C14H11ClN4/c15-14-10-4-1-5-11(10)17-13-7-12(18-19(13)14)9-3-2-6-16-8-9/h2-3,6-8H,1,4-5H2. The number of pyridine rings is 1. The molecule has 0 aromatic carbocycles. The highest BCUT2D eigenvalue weighted by Gasteiger charge is 2.20. The minimum Gasteiger partial charge on any atom is -0.264 e. The Morgan fingerprint density at radius 3 is 3.05 bits per heavy atom. The molecule has 0 bridgehead atoms. The lowest BCUT2D eigenvalue weighted by Gasteiger charge is -2.03. The molecule has 0 amide bonds. The van der Waals surface area contributed by atoms with Crippen molar-refractivity contribution in [1.29, 1.82) is 0 Å². The van der Waals surface area contributed by atoms with E-state index in [0.29, 0.717) is 5.15 Å². The summed E-state index contributed by atoms with van der Waals surface area (Å²) in [6.07, 6.45) is 6.69. The summed E-state index contributed by atoms with van der Waals surface area (Å²) >= 11 is 6.43. The minimum atomic E-state index is 0.702. The number of fused-ring (bicyclic) bond motifs is 2. The summed E-state index contributed by atoms with van der Waals surface area (Å²) in [4.78, 5) is 8.77. The molecule has 0 fully saturated rings. The van der Waals surface area contributed by atoms with Gasteiger partial charge in [-0.1, -0.05) is 11.6 Å². The number of aryl methyl sites for hydroxylation is 1. The van der Waals surface area contributed by atoms with Gasteiger partial charge in [0.1, 0.15) is 5.15 Å².